The molecular formula is C11H13ClO2S. The molecule has 0 aromatic heterocycles. The lowest BCUT2D eigenvalue weighted by Crippen LogP contribution is -2.26. The molecule has 1 aromatic rings. The highest BCUT2D eigenvalue weighted by Crippen LogP contribution is 2.32. The molecule has 82 valence electrons. The number of benzene rings is 1. The molecule has 0 amide bonds. The molecule has 0 saturated carbocycles. The van der Waals surface area contributed by atoms with E-state index in [1.165, 1.54) is 11.8 Å². The van der Waals surface area contributed by atoms with Crippen LogP contribution in [0.25, 0.3) is 0 Å². The molecule has 1 rings (SSSR count). The molecule has 0 spiro atoms. The van der Waals surface area contributed by atoms with Gasteiger partial charge in [-0.15, -0.1) is 11.8 Å². The third-order valence-electron chi connectivity index (χ3n) is 2.00. The van der Waals surface area contributed by atoms with E-state index in [2.05, 4.69) is 0 Å². The molecule has 0 heterocycles. The van der Waals surface area contributed by atoms with Crippen molar-refractivity contribution < 1.29 is 9.90 Å². The monoisotopic (exact) mass is 244 g/mol. The van der Waals surface area contributed by atoms with Crippen LogP contribution in [0.5, 0.6) is 0 Å². The summed E-state index contributed by atoms with van der Waals surface area (Å²) in [6, 6.07) is 7.44. The Morgan fingerprint density at radius 3 is 2.60 bits per heavy atom. The van der Waals surface area contributed by atoms with E-state index >= 15 is 0 Å². The van der Waals surface area contributed by atoms with Crippen LogP contribution in [0.15, 0.2) is 29.2 Å². The fraction of sp³-hybridized carbons (Fsp3) is 0.364. The molecule has 0 unspecified atom stereocenters. The van der Waals surface area contributed by atoms with Gasteiger partial charge in [0.1, 0.15) is 0 Å². The van der Waals surface area contributed by atoms with Gasteiger partial charge in [0.05, 0.1) is 10.4 Å². The fourth-order valence-electron chi connectivity index (χ4n) is 0.882. The molecular weight excluding hydrogens is 232 g/mol. The number of halogens is 1. The molecule has 1 N–H and O–H groups in total. The molecule has 1 aromatic carbocycles. The SMILES string of the molecule is CC(C)(CSc1ccccc1Cl)C(=O)O. The maximum absolute atomic E-state index is 10.9. The van der Waals surface area contributed by atoms with Crippen molar-refractivity contribution in [1.82, 2.24) is 0 Å². The van der Waals surface area contributed by atoms with Gasteiger partial charge in [-0.2, -0.15) is 0 Å². The van der Waals surface area contributed by atoms with E-state index in [9.17, 15) is 4.79 Å². The highest BCUT2D eigenvalue weighted by Gasteiger charge is 2.27. The van der Waals surface area contributed by atoms with Crippen molar-refractivity contribution in [2.45, 2.75) is 18.7 Å². The van der Waals surface area contributed by atoms with Crippen molar-refractivity contribution >= 4 is 29.3 Å². The van der Waals surface area contributed by atoms with Crippen LogP contribution in [0.2, 0.25) is 5.02 Å². The Bertz CT molecular complexity index is 363. The average Bonchev–Trinajstić information content (AvgIpc) is 2.16. The lowest BCUT2D eigenvalue weighted by Gasteiger charge is -2.18. The number of thioether (sulfide) groups is 1. The van der Waals surface area contributed by atoms with Gasteiger partial charge < -0.3 is 5.11 Å². The maximum atomic E-state index is 10.9. The van der Waals surface area contributed by atoms with Crippen molar-refractivity contribution in [2.24, 2.45) is 5.41 Å². The third kappa shape index (κ3) is 3.43. The number of rotatable bonds is 4. The van der Waals surface area contributed by atoms with Crippen molar-refractivity contribution in [3.63, 3.8) is 0 Å². The van der Waals surface area contributed by atoms with Gasteiger partial charge in [-0.25, -0.2) is 0 Å². The van der Waals surface area contributed by atoms with Gasteiger partial charge in [0.2, 0.25) is 0 Å². The van der Waals surface area contributed by atoms with Crippen molar-refractivity contribution in [3.05, 3.63) is 29.3 Å². The van der Waals surface area contributed by atoms with E-state index in [1.807, 2.05) is 18.2 Å². The highest BCUT2D eigenvalue weighted by atomic mass is 35.5. The summed E-state index contributed by atoms with van der Waals surface area (Å²) in [4.78, 5) is 11.8. The smallest absolute Gasteiger partial charge is 0.309 e. The first-order chi connectivity index (χ1) is 6.93. The second-order valence-corrected chi connectivity index (χ2v) is 5.33. The Morgan fingerprint density at radius 2 is 2.07 bits per heavy atom. The molecule has 0 atom stereocenters. The van der Waals surface area contributed by atoms with E-state index in [4.69, 9.17) is 16.7 Å². The second-order valence-electron chi connectivity index (χ2n) is 3.91. The van der Waals surface area contributed by atoms with E-state index < -0.39 is 11.4 Å². The summed E-state index contributed by atoms with van der Waals surface area (Å²) >= 11 is 7.43. The standard InChI is InChI=1S/C11H13ClO2S/c1-11(2,10(13)14)7-15-9-6-4-3-5-8(9)12/h3-6H,7H2,1-2H3,(H,13,14). The predicted molar refractivity (Wildman–Crippen MR) is 63.6 cm³/mol. The molecule has 0 aliphatic rings. The van der Waals surface area contributed by atoms with Gasteiger partial charge in [0.15, 0.2) is 0 Å². The van der Waals surface area contributed by atoms with Crippen LogP contribution in [0, 0.1) is 5.41 Å². The first kappa shape index (κ1) is 12.4. The molecule has 2 nitrogen and oxygen atoms in total. The molecule has 15 heavy (non-hydrogen) atoms. The molecule has 0 saturated heterocycles. The minimum Gasteiger partial charge on any atom is -0.481 e. The van der Waals surface area contributed by atoms with Gasteiger partial charge in [0.25, 0.3) is 0 Å². The van der Waals surface area contributed by atoms with Crippen molar-refractivity contribution in [1.29, 1.82) is 0 Å². The Hall–Kier alpha value is -0.670. The molecule has 0 aliphatic heterocycles. The summed E-state index contributed by atoms with van der Waals surface area (Å²) in [5.74, 6) is -0.284. The predicted octanol–water partition coefficient (Wildman–Crippen LogP) is 3.54. The number of carboxylic acids is 1. The number of hydrogen-bond acceptors (Lipinski definition) is 2. The van der Waals surface area contributed by atoms with E-state index in [0.29, 0.717) is 10.8 Å². The lowest BCUT2D eigenvalue weighted by molar-refractivity contribution is -0.145. The summed E-state index contributed by atoms with van der Waals surface area (Å²) in [6.45, 7) is 3.42. The van der Waals surface area contributed by atoms with Crippen molar-refractivity contribution in [2.75, 3.05) is 5.75 Å². The zero-order chi connectivity index (χ0) is 11.5. The van der Waals surface area contributed by atoms with Crippen LogP contribution in [-0.2, 0) is 4.79 Å². The van der Waals surface area contributed by atoms with Gasteiger partial charge >= 0.3 is 5.97 Å². The molecule has 0 bridgehead atoms. The van der Waals surface area contributed by atoms with Crippen molar-refractivity contribution in [3.8, 4) is 0 Å². The Labute approximate surface area is 98.6 Å². The summed E-state index contributed by atoms with van der Waals surface area (Å²) in [5, 5.41) is 9.61. The second kappa shape index (κ2) is 4.90. The summed E-state index contributed by atoms with van der Waals surface area (Å²) in [7, 11) is 0. The van der Waals surface area contributed by atoms with Crippen LogP contribution < -0.4 is 0 Å². The number of hydrogen-bond donors (Lipinski definition) is 1. The Morgan fingerprint density at radius 1 is 1.47 bits per heavy atom. The van der Waals surface area contributed by atoms with Gasteiger partial charge in [0, 0.05) is 10.6 Å². The van der Waals surface area contributed by atoms with Crippen LogP contribution in [-0.4, -0.2) is 16.8 Å². The molecule has 0 aliphatic carbocycles. The maximum Gasteiger partial charge on any atom is 0.309 e. The normalized spacial score (nSPS) is 11.4. The quantitative estimate of drug-likeness (QED) is 0.824. The largest absolute Gasteiger partial charge is 0.481 e. The van der Waals surface area contributed by atoms with Crippen LogP contribution in [0.4, 0.5) is 0 Å². The molecule has 0 fully saturated rings. The average molecular weight is 245 g/mol. The van der Waals surface area contributed by atoms with Crippen LogP contribution >= 0.6 is 23.4 Å². The molecule has 4 heteroatoms. The zero-order valence-electron chi connectivity index (χ0n) is 8.66. The van der Waals surface area contributed by atoms with Gasteiger partial charge in [-0.1, -0.05) is 23.7 Å². The van der Waals surface area contributed by atoms with Gasteiger partial charge in [-0.05, 0) is 26.0 Å². The number of aliphatic carboxylic acids is 1. The molecule has 0 radical (unpaired) electrons. The summed E-state index contributed by atoms with van der Waals surface area (Å²) in [6.07, 6.45) is 0. The van der Waals surface area contributed by atoms with Crippen LogP contribution in [0.1, 0.15) is 13.8 Å². The fourth-order valence-corrected chi connectivity index (χ4v) is 2.20. The first-order valence-electron chi connectivity index (χ1n) is 4.54. The topological polar surface area (TPSA) is 37.3 Å². The summed E-state index contributed by atoms with van der Waals surface area (Å²) in [5.41, 5.74) is -0.732. The number of carboxylic acid groups (broad SMARTS) is 1. The van der Waals surface area contributed by atoms with E-state index in [0.717, 1.165) is 4.90 Å². The lowest BCUT2D eigenvalue weighted by atomic mass is 9.97. The zero-order valence-corrected chi connectivity index (χ0v) is 10.2. The van der Waals surface area contributed by atoms with E-state index in [-0.39, 0.29) is 0 Å². The number of carbonyl (C=O) groups is 1. The minimum absolute atomic E-state index is 0.506. The van der Waals surface area contributed by atoms with E-state index in [1.54, 1.807) is 19.9 Å². The Kier molecular flexibility index (Phi) is 4.05. The highest BCUT2D eigenvalue weighted by molar-refractivity contribution is 7.99. The minimum atomic E-state index is -0.790. The summed E-state index contributed by atoms with van der Waals surface area (Å²) < 4.78 is 0. The van der Waals surface area contributed by atoms with Crippen LogP contribution in [0.3, 0.4) is 0 Å². The third-order valence-corrected chi connectivity index (χ3v) is 3.98. The first-order valence-corrected chi connectivity index (χ1v) is 5.90. The Balaban J connectivity index is 2.66. The van der Waals surface area contributed by atoms with Gasteiger partial charge in [-0.3, -0.25) is 4.79 Å².